The summed E-state index contributed by atoms with van der Waals surface area (Å²) in [6.07, 6.45) is 1.60. The van der Waals surface area contributed by atoms with Gasteiger partial charge < -0.3 is 21.7 Å². The zero-order chi connectivity index (χ0) is 15.9. The Morgan fingerprint density at radius 3 is 1.65 bits per heavy atom. The van der Waals surface area contributed by atoms with E-state index < -0.39 is 41.9 Å². The van der Waals surface area contributed by atoms with Gasteiger partial charge in [-0.3, -0.25) is 19.2 Å². The van der Waals surface area contributed by atoms with E-state index in [9.17, 15) is 19.2 Å². The number of amides is 3. The second kappa shape index (κ2) is 8.26. The van der Waals surface area contributed by atoms with Crippen molar-refractivity contribution in [1.82, 2.24) is 16.0 Å². The van der Waals surface area contributed by atoms with Crippen LogP contribution in [-0.2, 0) is 19.2 Å². The lowest BCUT2D eigenvalue weighted by Gasteiger charge is -2.19. The quantitative estimate of drug-likeness (QED) is 0.428. The maximum atomic E-state index is 11.7. The maximum Gasteiger partial charge on any atom is 0.242 e. The smallest absolute Gasteiger partial charge is 0.242 e. The van der Waals surface area contributed by atoms with Gasteiger partial charge >= 0.3 is 0 Å². The fourth-order valence-electron chi connectivity index (χ4n) is 1.18. The van der Waals surface area contributed by atoms with Crippen LogP contribution in [0.15, 0.2) is 0 Å². The zero-order valence-corrected chi connectivity index (χ0v) is 12.0. The molecule has 0 fully saturated rings. The van der Waals surface area contributed by atoms with Gasteiger partial charge in [0.25, 0.3) is 0 Å². The second-order valence-corrected chi connectivity index (χ2v) is 4.60. The largest absolute Gasteiger partial charge is 0.344 e. The van der Waals surface area contributed by atoms with Crippen molar-refractivity contribution in [3.05, 3.63) is 0 Å². The number of hydrogen-bond acceptors (Lipinski definition) is 5. The van der Waals surface area contributed by atoms with Crippen LogP contribution in [0.2, 0.25) is 0 Å². The van der Waals surface area contributed by atoms with Crippen molar-refractivity contribution in [3.63, 3.8) is 0 Å². The van der Waals surface area contributed by atoms with Gasteiger partial charge in [0, 0.05) is 0 Å². The fraction of sp³-hybridized carbons (Fsp3) is 0.667. The molecule has 0 saturated carbocycles. The normalized spacial score (nSPS) is 16.2. The summed E-state index contributed by atoms with van der Waals surface area (Å²) in [7, 11) is 0. The molecule has 8 heteroatoms. The highest BCUT2D eigenvalue weighted by molar-refractivity contribution is 5.93. The molecule has 3 amide bonds. The highest BCUT2D eigenvalue weighted by Gasteiger charge is 2.22. The molecule has 0 heterocycles. The fourth-order valence-corrected chi connectivity index (χ4v) is 1.18. The SMILES string of the molecule is C[C@H](N)C(=O)N[C@@H](C)C(=O)N[C@@H](C)C(=O)N[C@@H](C)[C]=O. The van der Waals surface area contributed by atoms with E-state index in [0.717, 1.165) is 0 Å². The van der Waals surface area contributed by atoms with Gasteiger partial charge in [-0.05, 0) is 27.7 Å². The van der Waals surface area contributed by atoms with Gasteiger partial charge in [-0.15, -0.1) is 0 Å². The molecule has 20 heavy (non-hydrogen) atoms. The number of nitrogens with two attached hydrogens (primary N) is 1. The molecule has 0 aromatic heterocycles. The van der Waals surface area contributed by atoms with Crippen molar-refractivity contribution in [3.8, 4) is 0 Å². The summed E-state index contributed by atoms with van der Waals surface area (Å²) >= 11 is 0. The van der Waals surface area contributed by atoms with E-state index in [2.05, 4.69) is 16.0 Å². The Morgan fingerprint density at radius 2 is 1.25 bits per heavy atom. The van der Waals surface area contributed by atoms with Crippen LogP contribution in [-0.4, -0.2) is 48.2 Å². The van der Waals surface area contributed by atoms with Crippen LogP contribution in [0.3, 0.4) is 0 Å². The third-order valence-corrected chi connectivity index (χ3v) is 2.45. The molecule has 0 unspecified atom stereocenters. The minimum absolute atomic E-state index is 0.464. The van der Waals surface area contributed by atoms with Gasteiger partial charge in [0.1, 0.15) is 12.1 Å². The lowest BCUT2D eigenvalue weighted by atomic mass is 10.2. The molecule has 0 spiro atoms. The molecule has 0 aromatic carbocycles. The molecule has 1 radical (unpaired) electrons. The highest BCUT2D eigenvalue weighted by Crippen LogP contribution is 1.90. The van der Waals surface area contributed by atoms with Crippen molar-refractivity contribution < 1.29 is 19.2 Å². The predicted molar refractivity (Wildman–Crippen MR) is 72.2 cm³/mol. The van der Waals surface area contributed by atoms with Gasteiger partial charge in [0.2, 0.25) is 24.0 Å². The summed E-state index contributed by atoms with van der Waals surface area (Å²) in [4.78, 5) is 45.0. The first kappa shape index (κ1) is 18.0. The Labute approximate surface area is 117 Å². The number of carbonyl (C=O) groups is 3. The van der Waals surface area contributed by atoms with Crippen LogP contribution in [0.4, 0.5) is 0 Å². The Hall–Kier alpha value is -1.96. The maximum absolute atomic E-state index is 11.7. The van der Waals surface area contributed by atoms with Crippen molar-refractivity contribution in [2.45, 2.75) is 51.9 Å². The average molecular weight is 285 g/mol. The molecular weight excluding hydrogens is 264 g/mol. The van der Waals surface area contributed by atoms with Crippen LogP contribution in [0.5, 0.6) is 0 Å². The second-order valence-electron chi connectivity index (χ2n) is 4.60. The number of rotatable bonds is 7. The molecule has 5 N–H and O–H groups in total. The van der Waals surface area contributed by atoms with E-state index >= 15 is 0 Å². The van der Waals surface area contributed by atoms with E-state index in [1.165, 1.54) is 27.7 Å². The van der Waals surface area contributed by atoms with Crippen molar-refractivity contribution in [1.29, 1.82) is 0 Å². The Balaban J connectivity index is 4.34. The van der Waals surface area contributed by atoms with Crippen molar-refractivity contribution in [2.24, 2.45) is 5.73 Å². The monoisotopic (exact) mass is 285 g/mol. The van der Waals surface area contributed by atoms with Gasteiger partial charge in [-0.25, -0.2) is 0 Å². The van der Waals surface area contributed by atoms with Crippen LogP contribution in [0.1, 0.15) is 27.7 Å². The van der Waals surface area contributed by atoms with Crippen molar-refractivity contribution >= 4 is 24.0 Å². The molecule has 8 nitrogen and oxygen atoms in total. The third-order valence-electron chi connectivity index (χ3n) is 2.45. The zero-order valence-electron chi connectivity index (χ0n) is 12.0. The molecule has 0 aliphatic rings. The molecule has 0 rings (SSSR count). The van der Waals surface area contributed by atoms with E-state index in [1.54, 1.807) is 6.29 Å². The summed E-state index contributed by atoms with van der Waals surface area (Å²) in [6.45, 7) is 5.89. The Bertz CT molecular complexity index is 384. The number of nitrogens with one attached hydrogen (secondary N) is 3. The van der Waals surface area contributed by atoms with Crippen molar-refractivity contribution in [2.75, 3.05) is 0 Å². The topological polar surface area (TPSA) is 130 Å². The summed E-state index contributed by atoms with van der Waals surface area (Å²) < 4.78 is 0. The van der Waals surface area contributed by atoms with E-state index in [4.69, 9.17) is 5.73 Å². The Morgan fingerprint density at radius 1 is 0.850 bits per heavy atom. The molecule has 0 aliphatic heterocycles. The summed E-state index contributed by atoms with van der Waals surface area (Å²) in [5.41, 5.74) is 5.36. The van der Waals surface area contributed by atoms with Crippen LogP contribution in [0, 0.1) is 0 Å². The molecular formula is C12H21N4O4. The molecule has 0 saturated heterocycles. The van der Waals surface area contributed by atoms with E-state index in [-0.39, 0.29) is 0 Å². The average Bonchev–Trinajstić information content (AvgIpc) is 2.37. The first-order valence-corrected chi connectivity index (χ1v) is 6.23. The number of hydrogen-bond donors (Lipinski definition) is 4. The van der Waals surface area contributed by atoms with Gasteiger partial charge in [-0.2, -0.15) is 0 Å². The van der Waals surface area contributed by atoms with E-state index in [0.29, 0.717) is 0 Å². The van der Waals surface area contributed by atoms with Gasteiger partial charge in [0.15, 0.2) is 0 Å². The molecule has 0 aromatic rings. The lowest BCUT2D eigenvalue weighted by Crippen LogP contribution is -2.54. The molecule has 0 bridgehead atoms. The Kier molecular flexibility index (Phi) is 7.45. The number of carbonyl (C=O) groups excluding carboxylic acids is 4. The van der Waals surface area contributed by atoms with Crippen LogP contribution >= 0.6 is 0 Å². The summed E-state index contributed by atoms with van der Waals surface area (Å²) in [5.74, 6) is -1.50. The van der Waals surface area contributed by atoms with E-state index in [1.807, 2.05) is 0 Å². The molecule has 113 valence electrons. The highest BCUT2D eigenvalue weighted by atomic mass is 16.2. The third kappa shape index (κ3) is 6.28. The predicted octanol–water partition coefficient (Wildman–Crippen LogP) is -2.04. The summed E-state index contributed by atoms with van der Waals surface area (Å²) in [5, 5.41) is 7.17. The minimum atomic E-state index is -0.840. The lowest BCUT2D eigenvalue weighted by molar-refractivity contribution is -0.131. The standard InChI is InChI=1S/C12H21N4O4/c1-6(5-17)14-11(19)8(3)16-12(20)9(4)15-10(18)7(2)13/h6-9H,13H2,1-4H3,(H,14,19)(H,15,18)(H,16,20)/t6-,7-,8-,9-/m0/s1. The first-order valence-electron chi connectivity index (χ1n) is 6.23. The molecule has 0 aliphatic carbocycles. The van der Waals surface area contributed by atoms with Crippen LogP contribution < -0.4 is 21.7 Å². The minimum Gasteiger partial charge on any atom is -0.344 e. The van der Waals surface area contributed by atoms with Gasteiger partial charge in [-0.1, -0.05) is 0 Å². The summed E-state index contributed by atoms with van der Waals surface area (Å²) in [6, 6.07) is -3.14. The first-order chi connectivity index (χ1) is 9.18. The van der Waals surface area contributed by atoms with Crippen LogP contribution in [0.25, 0.3) is 0 Å². The molecule has 4 atom stereocenters. The van der Waals surface area contributed by atoms with Gasteiger partial charge in [0.05, 0.1) is 12.1 Å².